The molecule has 0 bridgehead atoms. The third-order valence-corrected chi connectivity index (χ3v) is 7.11. The molecule has 1 aromatic heterocycles. The molecule has 34 heavy (non-hydrogen) atoms. The van der Waals surface area contributed by atoms with E-state index < -0.39 is 6.04 Å². The van der Waals surface area contributed by atoms with E-state index in [1.807, 2.05) is 49.4 Å². The summed E-state index contributed by atoms with van der Waals surface area (Å²) in [6.45, 7) is 2.33. The lowest BCUT2D eigenvalue weighted by Gasteiger charge is -2.47. The molecule has 0 saturated carbocycles. The van der Waals surface area contributed by atoms with Crippen LogP contribution in [0, 0.1) is 12.7 Å². The summed E-state index contributed by atoms with van der Waals surface area (Å²) in [4.78, 5) is 34.3. The van der Waals surface area contributed by atoms with Crippen molar-refractivity contribution in [2.24, 2.45) is 0 Å². The van der Waals surface area contributed by atoms with Crippen LogP contribution in [-0.4, -0.2) is 39.2 Å². The van der Waals surface area contributed by atoms with Crippen LogP contribution in [0.5, 0.6) is 0 Å². The molecular weight excluding hydrogens is 429 g/mol. The normalized spacial score (nSPS) is 19.9. The number of hydrogen-bond acceptors (Lipinski definition) is 2. The highest BCUT2D eigenvalue weighted by molar-refractivity contribution is 5.97. The fraction of sp³-hybridized carbons (Fsp3) is 0.214. The number of nitrogens with one attached hydrogen (secondary N) is 1. The summed E-state index contributed by atoms with van der Waals surface area (Å²) in [5.41, 5.74) is 5.98. The highest BCUT2D eigenvalue weighted by Gasteiger charge is 2.48. The molecule has 2 atom stereocenters. The van der Waals surface area contributed by atoms with Gasteiger partial charge >= 0.3 is 0 Å². The van der Waals surface area contributed by atoms with E-state index in [9.17, 15) is 14.0 Å². The first-order valence-electron chi connectivity index (χ1n) is 11.5. The zero-order chi connectivity index (χ0) is 23.4. The van der Waals surface area contributed by atoms with E-state index in [2.05, 4.69) is 11.1 Å². The number of aryl methyl sites for hydroxylation is 1. The number of aromatic amines is 1. The van der Waals surface area contributed by atoms with E-state index in [4.69, 9.17) is 0 Å². The summed E-state index contributed by atoms with van der Waals surface area (Å²) in [6, 6.07) is 21.3. The van der Waals surface area contributed by atoms with Crippen LogP contribution >= 0.6 is 0 Å². The lowest BCUT2D eigenvalue weighted by Crippen LogP contribution is -2.62. The molecule has 6 heteroatoms. The van der Waals surface area contributed by atoms with Gasteiger partial charge in [0.25, 0.3) is 0 Å². The zero-order valence-electron chi connectivity index (χ0n) is 18.8. The Bertz CT molecular complexity index is 1430. The van der Waals surface area contributed by atoms with Crippen LogP contribution < -0.4 is 0 Å². The number of H-pyrrole nitrogens is 1. The van der Waals surface area contributed by atoms with Crippen molar-refractivity contribution in [3.05, 3.63) is 107 Å². The van der Waals surface area contributed by atoms with E-state index in [0.29, 0.717) is 6.42 Å². The lowest BCUT2D eigenvalue weighted by atomic mass is 9.85. The Morgan fingerprint density at radius 2 is 1.71 bits per heavy atom. The number of piperazine rings is 1. The van der Waals surface area contributed by atoms with Crippen LogP contribution in [0.2, 0.25) is 0 Å². The number of nitrogens with zero attached hydrogens (tertiary/aromatic N) is 2. The van der Waals surface area contributed by atoms with Crippen molar-refractivity contribution in [3.8, 4) is 0 Å². The number of rotatable bonds is 3. The van der Waals surface area contributed by atoms with Gasteiger partial charge in [0.2, 0.25) is 11.8 Å². The van der Waals surface area contributed by atoms with E-state index >= 15 is 0 Å². The summed E-state index contributed by atoms with van der Waals surface area (Å²) in [6.07, 6.45) is 0.465. The van der Waals surface area contributed by atoms with E-state index in [1.165, 1.54) is 12.1 Å². The number of aromatic nitrogens is 1. The molecule has 1 unspecified atom stereocenters. The molecule has 1 fully saturated rings. The summed E-state index contributed by atoms with van der Waals surface area (Å²) < 4.78 is 13.4. The fourth-order valence-electron chi connectivity index (χ4n) is 5.49. The molecule has 0 radical (unpaired) electrons. The van der Waals surface area contributed by atoms with Gasteiger partial charge in [-0.15, -0.1) is 0 Å². The predicted octanol–water partition coefficient (Wildman–Crippen LogP) is 4.50. The van der Waals surface area contributed by atoms with Gasteiger partial charge < -0.3 is 14.8 Å². The average molecular weight is 454 g/mol. The van der Waals surface area contributed by atoms with Crippen LogP contribution in [0.25, 0.3) is 10.9 Å². The smallest absolute Gasteiger partial charge is 0.246 e. The van der Waals surface area contributed by atoms with Crippen molar-refractivity contribution >= 4 is 22.7 Å². The number of para-hydroxylation sites is 1. The molecule has 4 aromatic rings. The number of halogens is 1. The number of carbonyl (C=O) groups is 2. The maximum atomic E-state index is 13.8. The first kappa shape index (κ1) is 20.7. The largest absolute Gasteiger partial charge is 0.356 e. The predicted molar refractivity (Wildman–Crippen MR) is 127 cm³/mol. The Morgan fingerprint density at radius 3 is 2.50 bits per heavy atom. The minimum atomic E-state index is -0.585. The second-order valence-electron chi connectivity index (χ2n) is 9.16. The number of benzene rings is 3. The molecule has 1 N–H and O–H groups in total. The van der Waals surface area contributed by atoms with Gasteiger partial charge in [-0.1, -0.05) is 54.6 Å². The number of fused-ring (bicyclic) bond motifs is 4. The lowest BCUT2D eigenvalue weighted by molar-refractivity contribution is -0.159. The average Bonchev–Trinajstić information content (AvgIpc) is 3.21. The van der Waals surface area contributed by atoms with Crippen molar-refractivity contribution in [1.82, 2.24) is 14.8 Å². The zero-order valence-corrected chi connectivity index (χ0v) is 18.8. The van der Waals surface area contributed by atoms with Gasteiger partial charge in [-0.25, -0.2) is 4.39 Å². The minimum absolute atomic E-state index is 0.00462. The Morgan fingerprint density at radius 1 is 0.971 bits per heavy atom. The van der Waals surface area contributed by atoms with E-state index in [1.54, 1.807) is 21.9 Å². The second-order valence-corrected chi connectivity index (χ2v) is 9.16. The number of carbonyl (C=O) groups excluding carboxylic acids is 2. The van der Waals surface area contributed by atoms with Crippen LogP contribution in [0.3, 0.4) is 0 Å². The molecular formula is C28H24FN3O2. The van der Waals surface area contributed by atoms with Gasteiger partial charge in [0.1, 0.15) is 18.4 Å². The quantitative estimate of drug-likeness (QED) is 0.497. The van der Waals surface area contributed by atoms with Crippen LogP contribution in [0.1, 0.15) is 34.0 Å². The number of amides is 2. The fourth-order valence-corrected chi connectivity index (χ4v) is 5.49. The van der Waals surface area contributed by atoms with Crippen molar-refractivity contribution in [1.29, 1.82) is 0 Å². The van der Waals surface area contributed by atoms with Crippen LogP contribution in [-0.2, 0) is 22.6 Å². The third-order valence-electron chi connectivity index (χ3n) is 7.11. The van der Waals surface area contributed by atoms with Crippen LogP contribution in [0.15, 0.2) is 72.8 Å². The first-order chi connectivity index (χ1) is 16.5. The maximum Gasteiger partial charge on any atom is 0.246 e. The summed E-state index contributed by atoms with van der Waals surface area (Å²) in [5.74, 6) is -0.473. The molecule has 5 nitrogen and oxygen atoms in total. The van der Waals surface area contributed by atoms with Gasteiger partial charge in [-0.05, 0) is 47.4 Å². The molecule has 2 amide bonds. The maximum absolute atomic E-state index is 13.8. The van der Waals surface area contributed by atoms with Gasteiger partial charge in [-0.3, -0.25) is 9.59 Å². The van der Waals surface area contributed by atoms with E-state index in [-0.39, 0.29) is 36.8 Å². The third kappa shape index (κ3) is 3.21. The van der Waals surface area contributed by atoms with Crippen molar-refractivity contribution in [2.75, 3.05) is 6.54 Å². The summed E-state index contributed by atoms with van der Waals surface area (Å²) in [5, 5.41) is 1.09. The van der Waals surface area contributed by atoms with Crippen molar-refractivity contribution in [3.63, 3.8) is 0 Å². The molecule has 0 aliphatic carbocycles. The molecule has 2 aliphatic heterocycles. The Kier molecular flexibility index (Phi) is 4.76. The second kappa shape index (κ2) is 7.83. The highest BCUT2D eigenvalue weighted by atomic mass is 19.1. The highest BCUT2D eigenvalue weighted by Crippen LogP contribution is 2.43. The molecule has 3 aromatic carbocycles. The standard InChI is InChI=1S/C28H24FN3O2/c1-17-6-2-3-7-20(17)27-26-22(21-8-4-5-9-23(21)30-26)14-24-28(34)31(16-25(33)32(24)27)15-18-10-12-19(29)13-11-18/h2-13,24,27,30H,14-16H2,1H3/t24-,27?/m0/s1. The monoisotopic (exact) mass is 453 g/mol. The molecule has 0 spiro atoms. The molecule has 6 rings (SSSR count). The molecule has 2 aliphatic rings. The minimum Gasteiger partial charge on any atom is -0.356 e. The van der Waals surface area contributed by atoms with Crippen LogP contribution in [0.4, 0.5) is 4.39 Å². The summed E-state index contributed by atoms with van der Waals surface area (Å²) >= 11 is 0. The first-order valence-corrected chi connectivity index (χ1v) is 11.5. The topological polar surface area (TPSA) is 56.4 Å². The number of hydrogen-bond donors (Lipinski definition) is 1. The Labute approximate surface area is 196 Å². The van der Waals surface area contributed by atoms with Gasteiger partial charge in [-0.2, -0.15) is 0 Å². The van der Waals surface area contributed by atoms with Gasteiger partial charge in [0.05, 0.1) is 6.04 Å². The van der Waals surface area contributed by atoms with E-state index in [0.717, 1.165) is 38.9 Å². The van der Waals surface area contributed by atoms with Gasteiger partial charge in [0.15, 0.2) is 0 Å². The Hall–Kier alpha value is -3.93. The SMILES string of the molecule is Cc1ccccc1C1c2[nH]c3ccccc3c2C[C@H]2C(=O)N(Cc3ccc(F)cc3)CC(=O)N12. The molecule has 1 saturated heterocycles. The summed E-state index contributed by atoms with van der Waals surface area (Å²) in [7, 11) is 0. The van der Waals surface area contributed by atoms with Gasteiger partial charge in [0, 0.05) is 29.6 Å². The van der Waals surface area contributed by atoms with Crippen molar-refractivity contribution in [2.45, 2.75) is 32.0 Å². The molecule has 3 heterocycles. The Balaban J connectivity index is 1.46. The van der Waals surface area contributed by atoms with Crippen molar-refractivity contribution < 1.29 is 14.0 Å². The molecule has 170 valence electrons.